The molecular formula is C21H19ClN2O3. The zero-order valence-electron chi connectivity index (χ0n) is 14.9. The molecule has 5 nitrogen and oxygen atoms in total. The number of hydrogen-bond acceptors (Lipinski definition) is 3. The highest BCUT2D eigenvalue weighted by Crippen LogP contribution is 2.28. The van der Waals surface area contributed by atoms with Crippen LogP contribution in [0.25, 0.3) is 11.0 Å². The van der Waals surface area contributed by atoms with Gasteiger partial charge in [0, 0.05) is 29.1 Å². The van der Waals surface area contributed by atoms with E-state index in [-0.39, 0.29) is 17.6 Å². The van der Waals surface area contributed by atoms with E-state index < -0.39 is 0 Å². The molecule has 0 unspecified atom stereocenters. The zero-order valence-corrected chi connectivity index (χ0v) is 15.7. The van der Waals surface area contributed by atoms with Crippen molar-refractivity contribution >= 4 is 40.1 Å². The first kappa shape index (κ1) is 17.6. The fourth-order valence-electron chi connectivity index (χ4n) is 3.46. The van der Waals surface area contributed by atoms with Gasteiger partial charge in [-0.2, -0.15) is 0 Å². The standard InChI is InChI=1S/C21H19ClN2O3/c1-13-15-6-2-3-7-18(15)27-19(13)20(25)23-17-9-8-14(22)12-16(17)21(26)24-10-4-5-11-24/h2-3,6-9,12H,4-5,10-11H2,1H3,(H,23,25). The zero-order chi connectivity index (χ0) is 19.0. The van der Waals surface area contributed by atoms with Crippen LogP contribution in [-0.2, 0) is 0 Å². The fraction of sp³-hybridized carbons (Fsp3) is 0.238. The molecule has 2 heterocycles. The lowest BCUT2D eigenvalue weighted by molar-refractivity contribution is 0.0794. The minimum absolute atomic E-state index is 0.119. The lowest BCUT2D eigenvalue weighted by Crippen LogP contribution is -2.29. The average molecular weight is 383 g/mol. The Balaban J connectivity index is 1.66. The predicted octanol–water partition coefficient (Wildman–Crippen LogP) is 4.88. The fourth-order valence-corrected chi connectivity index (χ4v) is 3.64. The summed E-state index contributed by atoms with van der Waals surface area (Å²) >= 11 is 6.10. The molecule has 0 saturated carbocycles. The maximum absolute atomic E-state index is 12.8. The average Bonchev–Trinajstić information content (AvgIpc) is 3.31. The first-order valence-corrected chi connectivity index (χ1v) is 9.30. The maximum atomic E-state index is 12.8. The van der Waals surface area contributed by atoms with Crippen LogP contribution in [0.15, 0.2) is 46.9 Å². The Morgan fingerprint density at radius 2 is 1.85 bits per heavy atom. The van der Waals surface area contributed by atoms with Crippen LogP contribution in [0, 0.1) is 6.92 Å². The third-order valence-corrected chi connectivity index (χ3v) is 5.14. The number of hydrogen-bond donors (Lipinski definition) is 1. The molecule has 2 amide bonds. The van der Waals surface area contributed by atoms with E-state index in [0.717, 1.165) is 36.9 Å². The number of furan rings is 1. The lowest BCUT2D eigenvalue weighted by atomic mass is 10.1. The van der Waals surface area contributed by atoms with Gasteiger partial charge in [0.25, 0.3) is 11.8 Å². The molecule has 1 aromatic heterocycles. The molecule has 1 aliphatic heterocycles. The van der Waals surface area contributed by atoms with Crippen molar-refractivity contribution in [3.8, 4) is 0 Å². The number of nitrogens with one attached hydrogen (secondary N) is 1. The van der Waals surface area contributed by atoms with Crippen LogP contribution in [0.4, 0.5) is 5.69 Å². The molecule has 1 N–H and O–H groups in total. The molecule has 4 rings (SSSR count). The Hall–Kier alpha value is -2.79. The molecule has 138 valence electrons. The normalized spacial score (nSPS) is 13.9. The molecule has 1 saturated heterocycles. The van der Waals surface area contributed by atoms with Gasteiger partial charge in [-0.1, -0.05) is 29.8 Å². The van der Waals surface area contributed by atoms with E-state index in [1.54, 1.807) is 23.1 Å². The van der Waals surface area contributed by atoms with E-state index in [9.17, 15) is 9.59 Å². The number of nitrogens with zero attached hydrogens (tertiary/aromatic N) is 1. The monoisotopic (exact) mass is 382 g/mol. The Bertz CT molecular complexity index is 1040. The molecule has 27 heavy (non-hydrogen) atoms. The summed E-state index contributed by atoms with van der Waals surface area (Å²) in [4.78, 5) is 27.4. The topological polar surface area (TPSA) is 62.6 Å². The summed E-state index contributed by atoms with van der Waals surface area (Å²) in [5, 5.41) is 4.17. The number of halogens is 1. The Morgan fingerprint density at radius 1 is 1.11 bits per heavy atom. The van der Waals surface area contributed by atoms with Crippen molar-refractivity contribution in [1.29, 1.82) is 0 Å². The van der Waals surface area contributed by atoms with Gasteiger partial charge in [0.2, 0.25) is 0 Å². The van der Waals surface area contributed by atoms with Crippen LogP contribution in [-0.4, -0.2) is 29.8 Å². The number of carbonyl (C=O) groups is 2. The smallest absolute Gasteiger partial charge is 0.291 e. The SMILES string of the molecule is Cc1c(C(=O)Nc2ccc(Cl)cc2C(=O)N2CCCC2)oc2ccccc12. The second-order valence-corrected chi connectivity index (χ2v) is 7.13. The molecule has 1 fully saturated rings. The summed E-state index contributed by atoms with van der Waals surface area (Å²) in [5.74, 6) is -0.265. The van der Waals surface area contributed by atoms with Crippen LogP contribution < -0.4 is 5.32 Å². The van der Waals surface area contributed by atoms with Crippen LogP contribution in [0.3, 0.4) is 0 Å². The summed E-state index contributed by atoms with van der Waals surface area (Å²) < 4.78 is 5.72. The molecule has 1 aliphatic rings. The van der Waals surface area contributed by atoms with Gasteiger partial charge in [-0.05, 0) is 44.0 Å². The number of amides is 2. The van der Waals surface area contributed by atoms with E-state index in [1.165, 1.54) is 0 Å². The van der Waals surface area contributed by atoms with Gasteiger partial charge in [-0.15, -0.1) is 0 Å². The first-order chi connectivity index (χ1) is 13.0. The van der Waals surface area contributed by atoms with Gasteiger partial charge in [0.15, 0.2) is 5.76 Å². The van der Waals surface area contributed by atoms with Crippen molar-refractivity contribution in [3.63, 3.8) is 0 Å². The Labute approximate surface area is 161 Å². The van der Waals surface area contributed by atoms with E-state index >= 15 is 0 Å². The summed E-state index contributed by atoms with van der Waals surface area (Å²) in [6.07, 6.45) is 1.98. The molecule has 0 radical (unpaired) electrons. The summed E-state index contributed by atoms with van der Waals surface area (Å²) in [5.41, 5.74) is 2.25. The third kappa shape index (κ3) is 3.30. The Kier molecular flexibility index (Phi) is 4.62. The van der Waals surface area contributed by atoms with Crippen LogP contribution in [0.2, 0.25) is 5.02 Å². The number of benzene rings is 2. The number of likely N-dealkylation sites (tertiary alicyclic amines) is 1. The van der Waals surface area contributed by atoms with E-state index in [4.69, 9.17) is 16.0 Å². The minimum atomic E-state index is -0.388. The summed E-state index contributed by atoms with van der Waals surface area (Å²) in [6, 6.07) is 12.4. The van der Waals surface area contributed by atoms with Crippen molar-refractivity contribution < 1.29 is 14.0 Å². The summed E-state index contributed by atoms with van der Waals surface area (Å²) in [6.45, 7) is 3.29. The van der Waals surface area contributed by atoms with Crippen LogP contribution >= 0.6 is 11.6 Å². The number of carbonyl (C=O) groups excluding carboxylic acids is 2. The van der Waals surface area contributed by atoms with Gasteiger partial charge in [-0.3, -0.25) is 9.59 Å². The van der Waals surface area contributed by atoms with Crippen LogP contribution in [0.5, 0.6) is 0 Å². The molecule has 0 spiro atoms. The molecule has 0 atom stereocenters. The molecular weight excluding hydrogens is 364 g/mol. The number of aryl methyl sites for hydroxylation is 1. The van der Waals surface area contributed by atoms with Gasteiger partial charge < -0.3 is 14.6 Å². The van der Waals surface area contributed by atoms with Crippen molar-refractivity contribution in [3.05, 3.63) is 64.4 Å². The molecule has 0 aliphatic carbocycles. The highest BCUT2D eigenvalue weighted by Gasteiger charge is 2.24. The second-order valence-electron chi connectivity index (χ2n) is 6.70. The van der Waals surface area contributed by atoms with Crippen molar-refractivity contribution in [2.24, 2.45) is 0 Å². The number of fused-ring (bicyclic) bond motifs is 1. The van der Waals surface area contributed by atoms with Crippen molar-refractivity contribution in [2.75, 3.05) is 18.4 Å². The van der Waals surface area contributed by atoms with E-state index in [1.807, 2.05) is 31.2 Å². The number of para-hydroxylation sites is 1. The number of anilines is 1. The van der Waals surface area contributed by atoms with Gasteiger partial charge in [-0.25, -0.2) is 0 Å². The quantitative estimate of drug-likeness (QED) is 0.702. The summed E-state index contributed by atoms with van der Waals surface area (Å²) in [7, 11) is 0. The number of rotatable bonds is 3. The van der Waals surface area contributed by atoms with Gasteiger partial charge in [0.05, 0.1) is 11.3 Å². The van der Waals surface area contributed by atoms with Crippen molar-refractivity contribution in [1.82, 2.24) is 4.90 Å². The Morgan fingerprint density at radius 3 is 2.59 bits per heavy atom. The van der Waals surface area contributed by atoms with Crippen LogP contribution in [0.1, 0.15) is 39.3 Å². The van der Waals surface area contributed by atoms with Crippen molar-refractivity contribution in [2.45, 2.75) is 19.8 Å². The molecule has 2 aromatic carbocycles. The maximum Gasteiger partial charge on any atom is 0.291 e. The lowest BCUT2D eigenvalue weighted by Gasteiger charge is -2.18. The van der Waals surface area contributed by atoms with E-state index in [2.05, 4.69) is 5.32 Å². The third-order valence-electron chi connectivity index (χ3n) is 4.90. The largest absolute Gasteiger partial charge is 0.451 e. The minimum Gasteiger partial charge on any atom is -0.451 e. The predicted molar refractivity (Wildman–Crippen MR) is 105 cm³/mol. The molecule has 3 aromatic rings. The van der Waals surface area contributed by atoms with Gasteiger partial charge >= 0.3 is 0 Å². The second kappa shape index (κ2) is 7.08. The van der Waals surface area contributed by atoms with E-state index in [0.29, 0.717) is 21.9 Å². The highest BCUT2D eigenvalue weighted by atomic mass is 35.5. The first-order valence-electron chi connectivity index (χ1n) is 8.93. The molecule has 0 bridgehead atoms. The molecule has 6 heteroatoms. The highest BCUT2D eigenvalue weighted by molar-refractivity contribution is 6.31. The van der Waals surface area contributed by atoms with Gasteiger partial charge in [0.1, 0.15) is 5.58 Å².